The maximum atomic E-state index is 10.4. The Bertz CT molecular complexity index is 289. The molecule has 1 heterocycles. The number of aliphatic hydroxyl groups excluding tert-OH is 1. The number of carboxylic acid groups (broad SMARTS) is 1. The molecule has 5 nitrogen and oxygen atoms in total. The second-order valence-electron chi connectivity index (χ2n) is 2.60. The Morgan fingerprint density at radius 3 is 2.77 bits per heavy atom. The van der Waals surface area contributed by atoms with Gasteiger partial charge in [0.05, 0.1) is 6.04 Å². The molecular weight excluding hydrogens is 172 g/mol. The Morgan fingerprint density at radius 2 is 2.31 bits per heavy atom. The molecule has 0 saturated heterocycles. The lowest BCUT2D eigenvalue weighted by atomic mass is 10.1. The lowest BCUT2D eigenvalue weighted by molar-refractivity contribution is -0.147. The second kappa shape index (κ2) is 3.97. The molecule has 1 aromatic rings. The number of hydrogen-bond donors (Lipinski definition) is 3. The number of aliphatic carboxylic acids is 1. The van der Waals surface area contributed by atoms with Crippen LogP contribution in [0.2, 0.25) is 0 Å². The minimum absolute atomic E-state index is 0.498. The average Bonchev–Trinajstić information content (AvgIpc) is 2.17. The molecule has 0 bridgehead atoms. The number of aliphatic hydroxyl groups is 1. The first-order chi connectivity index (χ1) is 6.13. The van der Waals surface area contributed by atoms with Gasteiger partial charge in [-0.05, 0) is 11.6 Å². The van der Waals surface area contributed by atoms with Crippen LogP contribution in [-0.4, -0.2) is 27.3 Å². The Hall–Kier alpha value is -1.46. The van der Waals surface area contributed by atoms with Crippen LogP contribution < -0.4 is 5.73 Å². The fraction of sp³-hybridized carbons (Fsp3) is 0.250. The average molecular weight is 182 g/mol. The summed E-state index contributed by atoms with van der Waals surface area (Å²) in [7, 11) is 0. The zero-order chi connectivity index (χ0) is 9.84. The van der Waals surface area contributed by atoms with Gasteiger partial charge in [0.15, 0.2) is 6.10 Å². The van der Waals surface area contributed by atoms with E-state index in [1.807, 2.05) is 0 Å². The highest BCUT2D eigenvalue weighted by Crippen LogP contribution is 2.12. The van der Waals surface area contributed by atoms with Gasteiger partial charge in [0.25, 0.3) is 0 Å². The smallest absolute Gasteiger partial charge is 0.334 e. The molecule has 0 unspecified atom stereocenters. The standard InChI is InChI=1S/C8H10N2O3/c9-6(7(11)8(12)13)5-2-1-3-10-4-5/h1-4,6-7,11H,9H2,(H,12,13)/t6-,7-/m1/s1. The monoisotopic (exact) mass is 182 g/mol. The minimum Gasteiger partial charge on any atom is -0.479 e. The van der Waals surface area contributed by atoms with Gasteiger partial charge in [-0.2, -0.15) is 0 Å². The molecule has 0 aliphatic carbocycles. The van der Waals surface area contributed by atoms with Crippen LogP contribution in [0.25, 0.3) is 0 Å². The third-order valence-electron chi connectivity index (χ3n) is 1.66. The van der Waals surface area contributed by atoms with Crippen LogP contribution in [-0.2, 0) is 4.79 Å². The minimum atomic E-state index is -1.59. The van der Waals surface area contributed by atoms with Crippen molar-refractivity contribution in [3.05, 3.63) is 30.1 Å². The number of aromatic nitrogens is 1. The second-order valence-corrected chi connectivity index (χ2v) is 2.60. The Labute approximate surface area is 74.8 Å². The van der Waals surface area contributed by atoms with Crippen LogP contribution in [0.1, 0.15) is 11.6 Å². The van der Waals surface area contributed by atoms with E-state index in [2.05, 4.69) is 4.98 Å². The van der Waals surface area contributed by atoms with Crippen molar-refractivity contribution in [2.75, 3.05) is 0 Å². The van der Waals surface area contributed by atoms with Gasteiger partial charge in [0.2, 0.25) is 0 Å². The van der Waals surface area contributed by atoms with E-state index >= 15 is 0 Å². The zero-order valence-corrected chi connectivity index (χ0v) is 6.79. The van der Waals surface area contributed by atoms with E-state index in [4.69, 9.17) is 15.9 Å². The van der Waals surface area contributed by atoms with E-state index in [0.29, 0.717) is 5.56 Å². The molecule has 1 rings (SSSR count). The van der Waals surface area contributed by atoms with E-state index in [0.717, 1.165) is 0 Å². The predicted molar refractivity (Wildman–Crippen MR) is 44.8 cm³/mol. The van der Waals surface area contributed by atoms with E-state index < -0.39 is 18.1 Å². The lowest BCUT2D eigenvalue weighted by Crippen LogP contribution is -2.33. The van der Waals surface area contributed by atoms with Crippen molar-refractivity contribution in [2.24, 2.45) is 5.73 Å². The molecule has 13 heavy (non-hydrogen) atoms. The summed E-state index contributed by atoms with van der Waals surface area (Å²) in [5, 5.41) is 17.6. The molecule has 0 amide bonds. The molecule has 4 N–H and O–H groups in total. The molecule has 70 valence electrons. The van der Waals surface area contributed by atoms with Gasteiger partial charge in [-0.25, -0.2) is 4.79 Å². The van der Waals surface area contributed by atoms with Gasteiger partial charge < -0.3 is 15.9 Å². The normalized spacial score (nSPS) is 14.9. The predicted octanol–water partition coefficient (Wildman–Crippen LogP) is -0.473. The molecule has 0 spiro atoms. The number of carbonyl (C=O) groups is 1. The molecule has 0 aromatic carbocycles. The lowest BCUT2D eigenvalue weighted by Gasteiger charge is -2.14. The summed E-state index contributed by atoms with van der Waals surface area (Å²) in [4.78, 5) is 14.1. The summed E-state index contributed by atoms with van der Waals surface area (Å²) >= 11 is 0. The highest BCUT2D eigenvalue weighted by molar-refractivity contribution is 5.73. The van der Waals surface area contributed by atoms with Crippen LogP contribution in [0.15, 0.2) is 24.5 Å². The van der Waals surface area contributed by atoms with Crippen molar-refractivity contribution in [3.63, 3.8) is 0 Å². The molecule has 0 aliphatic heterocycles. The third-order valence-corrected chi connectivity index (χ3v) is 1.66. The first-order valence-electron chi connectivity index (χ1n) is 3.69. The van der Waals surface area contributed by atoms with Crippen molar-refractivity contribution < 1.29 is 15.0 Å². The molecule has 0 saturated carbocycles. The molecule has 1 aromatic heterocycles. The van der Waals surface area contributed by atoms with E-state index in [1.165, 1.54) is 6.20 Å². The molecule has 5 heteroatoms. The van der Waals surface area contributed by atoms with E-state index in [1.54, 1.807) is 18.3 Å². The first-order valence-corrected chi connectivity index (χ1v) is 3.69. The number of hydrogen-bond acceptors (Lipinski definition) is 4. The molecule has 0 aliphatic rings. The maximum Gasteiger partial charge on any atom is 0.334 e. The summed E-state index contributed by atoms with van der Waals surface area (Å²) in [6.45, 7) is 0. The quantitative estimate of drug-likeness (QED) is 0.587. The number of rotatable bonds is 3. The van der Waals surface area contributed by atoms with Crippen molar-refractivity contribution in [1.82, 2.24) is 4.98 Å². The largest absolute Gasteiger partial charge is 0.479 e. The van der Waals surface area contributed by atoms with Gasteiger partial charge in [-0.1, -0.05) is 6.07 Å². The summed E-state index contributed by atoms with van der Waals surface area (Å²) in [5.74, 6) is -1.34. The zero-order valence-electron chi connectivity index (χ0n) is 6.79. The van der Waals surface area contributed by atoms with Crippen molar-refractivity contribution in [1.29, 1.82) is 0 Å². The molecule has 0 radical (unpaired) electrons. The van der Waals surface area contributed by atoms with Gasteiger partial charge in [-0.15, -0.1) is 0 Å². The summed E-state index contributed by atoms with van der Waals surface area (Å²) in [6, 6.07) is 2.30. The van der Waals surface area contributed by atoms with Crippen LogP contribution in [0.3, 0.4) is 0 Å². The van der Waals surface area contributed by atoms with Crippen LogP contribution in [0.4, 0.5) is 0 Å². The fourth-order valence-corrected chi connectivity index (χ4v) is 0.909. The Balaban J connectivity index is 2.79. The van der Waals surface area contributed by atoms with Gasteiger partial charge in [0.1, 0.15) is 0 Å². The Kier molecular flexibility index (Phi) is 2.94. The van der Waals surface area contributed by atoms with Gasteiger partial charge in [0, 0.05) is 12.4 Å². The van der Waals surface area contributed by atoms with Crippen LogP contribution >= 0.6 is 0 Å². The SMILES string of the molecule is N[C@H](c1cccnc1)[C@@H](O)C(=O)O. The molecular formula is C8H10N2O3. The van der Waals surface area contributed by atoms with Gasteiger partial charge in [-0.3, -0.25) is 4.98 Å². The van der Waals surface area contributed by atoms with Crippen LogP contribution in [0.5, 0.6) is 0 Å². The molecule has 0 fully saturated rings. The fourth-order valence-electron chi connectivity index (χ4n) is 0.909. The van der Waals surface area contributed by atoms with E-state index in [-0.39, 0.29) is 0 Å². The van der Waals surface area contributed by atoms with Crippen molar-refractivity contribution in [3.8, 4) is 0 Å². The van der Waals surface area contributed by atoms with Crippen molar-refractivity contribution in [2.45, 2.75) is 12.1 Å². The number of pyridine rings is 1. The Morgan fingerprint density at radius 1 is 1.62 bits per heavy atom. The van der Waals surface area contributed by atoms with Gasteiger partial charge >= 0.3 is 5.97 Å². The van der Waals surface area contributed by atoms with Crippen LogP contribution in [0, 0.1) is 0 Å². The maximum absolute atomic E-state index is 10.4. The highest BCUT2D eigenvalue weighted by atomic mass is 16.4. The number of carboxylic acids is 1. The summed E-state index contributed by atoms with van der Waals surface area (Å²) in [6.07, 6.45) is 1.38. The van der Waals surface area contributed by atoms with Crippen molar-refractivity contribution >= 4 is 5.97 Å². The first kappa shape index (κ1) is 9.63. The molecule has 2 atom stereocenters. The topological polar surface area (TPSA) is 96.4 Å². The summed E-state index contributed by atoms with van der Waals surface area (Å²) in [5.41, 5.74) is 5.97. The van der Waals surface area contributed by atoms with E-state index in [9.17, 15) is 4.79 Å². The number of nitrogens with two attached hydrogens (primary N) is 1. The third kappa shape index (κ3) is 2.24. The summed E-state index contributed by atoms with van der Waals surface area (Å²) < 4.78 is 0. The highest BCUT2D eigenvalue weighted by Gasteiger charge is 2.23. The number of nitrogens with zero attached hydrogens (tertiary/aromatic N) is 1.